The average Bonchev–Trinajstić information content (AvgIpc) is 2.59. The highest BCUT2D eigenvalue weighted by Gasteiger charge is 2.18. The lowest BCUT2D eigenvalue weighted by Gasteiger charge is -2.19. The number of ketones is 1. The number of rotatable bonds is 7. The van der Waals surface area contributed by atoms with E-state index in [0.717, 1.165) is 5.56 Å². The van der Waals surface area contributed by atoms with Gasteiger partial charge in [-0.3, -0.25) is 9.52 Å². The molecular formula is C20H26N2O3S. The van der Waals surface area contributed by atoms with E-state index in [1.54, 1.807) is 36.4 Å². The normalized spacial score (nSPS) is 12.0. The van der Waals surface area contributed by atoms with E-state index in [9.17, 15) is 13.2 Å². The van der Waals surface area contributed by atoms with Crippen LogP contribution in [0, 0.1) is 0 Å². The van der Waals surface area contributed by atoms with Gasteiger partial charge in [0.1, 0.15) is 0 Å². The average molecular weight is 375 g/mol. The number of carbonyl (C=O) groups is 1. The first kappa shape index (κ1) is 20.1. The van der Waals surface area contributed by atoms with Crippen LogP contribution < -0.4 is 9.44 Å². The molecule has 0 unspecified atom stereocenters. The van der Waals surface area contributed by atoms with Gasteiger partial charge in [0.25, 0.3) is 10.2 Å². The van der Waals surface area contributed by atoms with E-state index in [2.05, 4.69) is 30.2 Å². The van der Waals surface area contributed by atoms with Crippen molar-refractivity contribution in [3.63, 3.8) is 0 Å². The Balaban J connectivity index is 2.30. The molecule has 5 nitrogen and oxygen atoms in total. The molecule has 2 aromatic rings. The zero-order chi connectivity index (χ0) is 19.4. The Kier molecular flexibility index (Phi) is 6.21. The van der Waals surface area contributed by atoms with Gasteiger partial charge in [-0.05, 0) is 29.5 Å². The van der Waals surface area contributed by atoms with Crippen LogP contribution in [0.2, 0.25) is 0 Å². The Morgan fingerprint density at radius 1 is 1.00 bits per heavy atom. The molecule has 0 aromatic heterocycles. The van der Waals surface area contributed by atoms with Gasteiger partial charge < -0.3 is 0 Å². The second kappa shape index (κ2) is 8.01. The van der Waals surface area contributed by atoms with E-state index in [1.165, 1.54) is 0 Å². The largest absolute Gasteiger partial charge is 0.299 e. The van der Waals surface area contributed by atoms with E-state index in [1.807, 2.05) is 19.1 Å². The molecular weight excluding hydrogens is 348 g/mol. The maximum absolute atomic E-state index is 12.9. The molecule has 26 heavy (non-hydrogen) atoms. The maximum atomic E-state index is 12.9. The Morgan fingerprint density at radius 3 is 2.19 bits per heavy atom. The van der Waals surface area contributed by atoms with Crippen LogP contribution in [-0.2, 0) is 15.6 Å². The van der Waals surface area contributed by atoms with Crippen LogP contribution in [0.4, 0.5) is 5.69 Å². The molecule has 6 heteroatoms. The van der Waals surface area contributed by atoms with Gasteiger partial charge in [0.2, 0.25) is 0 Å². The van der Waals surface area contributed by atoms with Crippen LogP contribution in [-0.4, -0.2) is 20.7 Å². The molecule has 0 aliphatic heterocycles. The number of nitrogens with one attached hydrogen (secondary N) is 2. The van der Waals surface area contributed by atoms with Gasteiger partial charge in [-0.2, -0.15) is 13.1 Å². The van der Waals surface area contributed by atoms with Crippen molar-refractivity contribution in [3.8, 4) is 0 Å². The monoisotopic (exact) mass is 374 g/mol. The molecule has 0 bridgehead atoms. The van der Waals surface area contributed by atoms with Crippen molar-refractivity contribution in [2.75, 3.05) is 11.3 Å². The van der Waals surface area contributed by atoms with Crippen molar-refractivity contribution < 1.29 is 13.2 Å². The lowest BCUT2D eigenvalue weighted by Crippen LogP contribution is -2.31. The van der Waals surface area contributed by atoms with Crippen molar-refractivity contribution in [3.05, 3.63) is 65.2 Å². The van der Waals surface area contributed by atoms with E-state index in [0.29, 0.717) is 24.1 Å². The van der Waals surface area contributed by atoms with Crippen LogP contribution >= 0.6 is 0 Å². The molecule has 0 radical (unpaired) electrons. The van der Waals surface area contributed by atoms with Gasteiger partial charge in [0.05, 0.1) is 5.69 Å². The summed E-state index contributed by atoms with van der Waals surface area (Å²) < 4.78 is 29.1. The molecule has 0 fully saturated rings. The van der Waals surface area contributed by atoms with Crippen LogP contribution in [0.25, 0.3) is 0 Å². The Morgan fingerprint density at radius 2 is 1.62 bits per heavy atom. The molecule has 0 saturated carbocycles. The molecule has 0 aliphatic carbocycles. The highest BCUT2D eigenvalue weighted by molar-refractivity contribution is 7.90. The molecule has 0 atom stereocenters. The third-order valence-corrected chi connectivity index (χ3v) is 5.04. The standard InChI is InChI=1S/C20H26N2O3S/c1-5-14-21-26(24,25)22-18-9-7-6-8-17(18)19(23)15-10-12-16(13-11-15)20(2,3)4/h6-13,21-22H,5,14H2,1-4H3. The molecule has 2 aromatic carbocycles. The van der Waals surface area contributed by atoms with Crippen LogP contribution in [0.1, 0.15) is 55.6 Å². The smallest absolute Gasteiger partial charge is 0.289 e. The van der Waals surface area contributed by atoms with Crippen molar-refractivity contribution in [1.29, 1.82) is 0 Å². The molecule has 2 N–H and O–H groups in total. The summed E-state index contributed by atoms with van der Waals surface area (Å²) in [6.07, 6.45) is 0.682. The molecule has 0 heterocycles. The van der Waals surface area contributed by atoms with Gasteiger partial charge in [-0.1, -0.05) is 64.1 Å². The maximum Gasteiger partial charge on any atom is 0.299 e. The highest BCUT2D eigenvalue weighted by atomic mass is 32.2. The van der Waals surface area contributed by atoms with Crippen molar-refractivity contribution in [2.24, 2.45) is 0 Å². The fourth-order valence-electron chi connectivity index (χ4n) is 2.46. The zero-order valence-electron chi connectivity index (χ0n) is 15.7. The summed E-state index contributed by atoms with van der Waals surface area (Å²) in [6.45, 7) is 8.53. The van der Waals surface area contributed by atoms with E-state index in [-0.39, 0.29) is 16.9 Å². The first-order valence-corrected chi connectivity index (χ1v) is 10.1. The highest BCUT2D eigenvalue weighted by Crippen LogP contribution is 2.24. The Hall–Kier alpha value is -2.18. The van der Waals surface area contributed by atoms with Crippen LogP contribution in [0.15, 0.2) is 48.5 Å². The van der Waals surface area contributed by atoms with Gasteiger partial charge in [-0.25, -0.2) is 0 Å². The predicted octanol–water partition coefficient (Wildman–Crippen LogP) is 3.87. The fraction of sp³-hybridized carbons (Fsp3) is 0.350. The van der Waals surface area contributed by atoms with Crippen LogP contribution in [0.5, 0.6) is 0 Å². The first-order valence-electron chi connectivity index (χ1n) is 8.66. The summed E-state index contributed by atoms with van der Waals surface area (Å²) in [4.78, 5) is 12.9. The number of carbonyl (C=O) groups excluding carboxylic acids is 1. The van der Waals surface area contributed by atoms with Crippen molar-refractivity contribution >= 4 is 21.7 Å². The number of benzene rings is 2. The Bertz CT molecular complexity index is 867. The van der Waals surface area contributed by atoms with Crippen molar-refractivity contribution in [2.45, 2.75) is 39.5 Å². The predicted molar refractivity (Wildman–Crippen MR) is 106 cm³/mol. The van der Waals surface area contributed by atoms with Gasteiger partial charge >= 0.3 is 0 Å². The summed E-state index contributed by atoms with van der Waals surface area (Å²) >= 11 is 0. The SMILES string of the molecule is CCCNS(=O)(=O)Nc1ccccc1C(=O)c1ccc(C(C)(C)C)cc1. The summed E-state index contributed by atoms with van der Waals surface area (Å²) in [5.74, 6) is -0.223. The van der Waals surface area contributed by atoms with E-state index in [4.69, 9.17) is 0 Å². The second-order valence-corrected chi connectivity index (χ2v) is 8.70. The topological polar surface area (TPSA) is 75.3 Å². The summed E-state index contributed by atoms with van der Waals surface area (Å²) in [7, 11) is -3.71. The lowest BCUT2D eigenvalue weighted by molar-refractivity contribution is 0.103. The molecule has 0 saturated heterocycles. The summed E-state index contributed by atoms with van der Waals surface area (Å²) in [5.41, 5.74) is 2.23. The molecule has 140 valence electrons. The fourth-order valence-corrected chi connectivity index (χ4v) is 3.48. The number of hydrogen-bond donors (Lipinski definition) is 2. The summed E-state index contributed by atoms with van der Waals surface area (Å²) in [5, 5.41) is 0. The van der Waals surface area contributed by atoms with Gasteiger partial charge in [0.15, 0.2) is 5.78 Å². The molecule has 0 amide bonds. The van der Waals surface area contributed by atoms with Gasteiger partial charge in [0, 0.05) is 17.7 Å². The quantitative estimate of drug-likeness (QED) is 0.723. The summed E-state index contributed by atoms with van der Waals surface area (Å²) in [6, 6.07) is 14.0. The number of hydrogen-bond acceptors (Lipinski definition) is 3. The molecule has 0 aliphatic rings. The van der Waals surface area contributed by atoms with Gasteiger partial charge in [-0.15, -0.1) is 0 Å². The molecule has 2 rings (SSSR count). The minimum Gasteiger partial charge on any atom is -0.289 e. The minimum atomic E-state index is -3.71. The number of anilines is 1. The third kappa shape index (κ3) is 5.16. The Labute approximate surface area is 156 Å². The van der Waals surface area contributed by atoms with E-state index >= 15 is 0 Å². The van der Waals surface area contributed by atoms with Crippen molar-refractivity contribution in [1.82, 2.24) is 4.72 Å². The minimum absolute atomic E-state index is 0.0000653. The third-order valence-electron chi connectivity index (χ3n) is 3.97. The second-order valence-electron chi connectivity index (χ2n) is 7.20. The van der Waals surface area contributed by atoms with Crippen LogP contribution in [0.3, 0.4) is 0 Å². The molecule has 0 spiro atoms. The number of para-hydroxylation sites is 1. The van der Waals surface area contributed by atoms with E-state index < -0.39 is 10.2 Å². The first-order chi connectivity index (χ1) is 12.1. The zero-order valence-corrected chi connectivity index (χ0v) is 16.5. The lowest BCUT2D eigenvalue weighted by atomic mass is 9.86.